The number of alkyl halides is 4. The Bertz CT molecular complexity index is 2010. The Balaban J connectivity index is 0.000000222. The molecule has 3 fully saturated rings. The van der Waals surface area contributed by atoms with Crippen molar-refractivity contribution in [1.29, 1.82) is 0 Å². The van der Waals surface area contributed by atoms with E-state index in [4.69, 9.17) is 14.2 Å². The number of aliphatic carboxylic acids is 1. The van der Waals surface area contributed by atoms with Gasteiger partial charge in [-0.05, 0) is 120 Å². The van der Waals surface area contributed by atoms with Crippen LogP contribution in [0.15, 0.2) is 65.3 Å². The van der Waals surface area contributed by atoms with Crippen LogP contribution in [0.2, 0.25) is 0 Å². The number of hydrogen-bond acceptors (Lipinski definition) is 5. The molecule has 0 saturated heterocycles. The van der Waals surface area contributed by atoms with Crippen molar-refractivity contribution in [3.63, 3.8) is 0 Å². The van der Waals surface area contributed by atoms with Crippen LogP contribution in [0.1, 0.15) is 70.5 Å². The van der Waals surface area contributed by atoms with Gasteiger partial charge in [0.05, 0.1) is 19.1 Å². The van der Waals surface area contributed by atoms with Gasteiger partial charge in [0.25, 0.3) is 0 Å². The minimum Gasteiger partial charge on any atom is -0.493 e. The van der Waals surface area contributed by atoms with Gasteiger partial charge in [0, 0.05) is 60.2 Å². The molecule has 286 valence electrons. The summed E-state index contributed by atoms with van der Waals surface area (Å²) in [4.78, 5) is 15.7. The Morgan fingerprint density at radius 3 is 1.91 bits per heavy atom. The molecule has 4 aliphatic rings. The highest BCUT2D eigenvalue weighted by molar-refractivity contribution is 9.10. The second-order valence-corrected chi connectivity index (χ2v) is 16.4. The quantitative estimate of drug-likeness (QED) is 0.152. The first-order valence-electron chi connectivity index (χ1n) is 18.4. The van der Waals surface area contributed by atoms with Gasteiger partial charge in [-0.15, -0.1) is 0 Å². The summed E-state index contributed by atoms with van der Waals surface area (Å²) in [5.74, 6) is -3.71. The van der Waals surface area contributed by atoms with Gasteiger partial charge < -0.3 is 19.3 Å². The third kappa shape index (κ3) is 8.41. The topological polar surface area (TPSA) is 77.9 Å². The van der Waals surface area contributed by atoms with Crippen molar-refractivity contribution in [2.45, 2.75) is 84.2 Å². The second-order valence-electron chi connectivity index (χ2n) is 15.7. The molecule has 8 rings (SSSR count). The Morgan fingerprint density at radius 2 is 1.37 bits per heavy atom. The SMILES string of the molecule is Cc1cc(OCC2CC(F)(F)C2)cc(C)c1-c1cccc(COc2cc3c(cn2)[C@H]2[C@@H](C3)[C@@H]2C(=O)O)c1.Cc1cc(OCC2CC(F)(F)C2)cc(C)c1Br. The van der Waals surface area contributed by atoms with E-state index in [0.717, 1.165) is 66.7 Å². The van der Waals surface area contributed by atoms with Gasteiger partial charge in [0.1, 0.15) is 18.1 Å². The fourth-order valence-electron chi connectivity index (χ4n) is 8.34. The molecule has 0 unspecified atom stereocenters. The molecule has 0 spiro atoms. The van der Waals surface area contributed by atoms with Gasteiger partial charge >= 0.3 is 5.97 Å². The van der Waals surface area contributed by atoms with Crippen LogP contribution in [0.4, 0.5) is 17.6 Å². The predicted octanol–water partition coefficient (Wildman–Crippen LogP) is 10.8. The number of carbonyl (C=O) groups is 1. The standard InChI is InChI=1S/C30H29F2NO4.C13H15BrF2O/c1-16-6-22(36-15-19-11-30(31,32)12-19)7-17(2)26(16)20-5-3-4-18(8-20)14-37-25-10-21-9-23-27(24(21)13-33-25)28(23)29(34)35;1-8-3-11(4-9(2)12(8)14)17-7-10-5-13(15,16)6-10/h3-8,10,13,19,23,27-28H,9,11-12,14-15H2,1-2H3,(H,34,35);3-4,10H,5-7H2,1-2H3/t23-,27-,28+;/m1./s1. The highest BCUT2D eigenvalue weighted by Crippen LogP contribution is 2.61. The van der Waals surface area contributed by atoms with Crippen LogP contribution >= 0.6 is 15.9 Å². The van der Waals surface area contributed by atoms with Crippen LogP contribution in [-0.2, 0) is 17.8 Å². The van der Waals surface area contributed by atoms with Crippen LogP contribution in [0.3, 0.4) is 0 Å². The summed E-state index contributed by atoms with van der Waals surface area (Å²) in [7, 11) is 0. The monoisotopic (exact) mass is 809 g/mol. The van der Waals surface area contributed by atoms with Crippen molar-refractivity contribution in [3.8, 4) is 28.5 Å². The summed E-state index contributed by atoms with van der Waals surface area (Å²) in [6.45, 7) is 9.11. The van der Waals surface area contributed by atoms with E-state index in [-0.39, 0.29) is 55.3 Å². The van der Waals surface area contributed by atoms with Crippen LogP contribution in [0.5, 0.6) is 17.4 Å². The molecule has 3 atom stereocenters. The van der Waals surface area contributed by atoms with Gasteiger partial charge in [-0.2, -0.15) is 0 Å². The molecule has 4 aliphatic carbocycles. The largest absolute Gasteiger partial charge is 0.493 e. The van der Waals surface area contributed by atoms with E-state index in [1.807, 2.05) is 70.2 Å². The number of halogens is 5. The fourth-order valence-corrected chi connectivity index (χ4v) is 8.57. The number of carboxylic acid groups (broad SMARTS) is 1. The lowest BCUT2D eigenvalue weighted by Gasteiger charge is -2.34. The number of rotatable bonds is 11. The van der Waals surface area contributed by atoms with Crippen molar-refractivity contribution < 1.29 is 41.7 Å². The summed E-state index contributed by atoms with van der Waals surface area (Å²) >= 11 is 3.48. The Labute approximate surface area is 321 Å². The van der Waals surface area contributed by atoms with Crippen molar-refractivity contribution >= 4 is 21.9 Å². The maximum atomic E-state index is 13.1. The summed E-state index contributed by atoms with van der Waals surface area (Å²) in [5, 5.41) is 9.30. The molecule has 4 aromatic rings. The van der Waals surface area contributed by atoms with Crippen molar-refractivity contribution in [1.82, 2.24) is 4.98 Å². The highest BCUT2D eigenvalue weighted by Gasteiger charge is 2.60. The van der Waals surface area contributed by atoms with Gasteiger partial charge in [0.2, 0.25) is 17.7 Å². The zero-order valence-corrected chi connectivity index (χ0v) is 32.3. The molecule has 0 amide bonds. The van der Waals surface area contributed by atoms with Crippen molar-refractivity contribution in [2.75, 3.05) is 13.2 Å². The van der Waals surface area contributed by atoms with Gasteiger partial charge in [-0.25, -0.2) is 22.5 Å². The maximum absolute atomic E-state index is 13.1. The lowest BCUT2D eigenvalue weighted by molar-refractivity contribution is -0.139. The molecule has 1 N–H and O–H groups in total. The predicted molar refractivity (Wildman–Crippen MR) is 201 cm³/mol. The first kappa shape index (κ1) is 38.2. The van der Waals surface area contributed by atoms with E-state index >= 15 is 0 Å². The van der Waals surface area contributed by atoms with Crippen LogP contribution < -0.4 is 14.2 Å². The molecular weight excluding hydrogens is 766 g/mol. The van der Waals surface area contributed by atoms with E-state index in [0.29, 0.717) is 31.5 Å². The van der Waals surface area contributed by atoms with E-state index in [1.54, 1.807) is 6.20 Å². The average molecular weight is 811 g/mol. The molecule has 6 nitrogen and oxygen atoms in total. The van der Waals surface area contributed by atoms with Gasteiger partial charge in [-0.3, -0.25) is 4.79 Å². The normalized spacial score (nSPS) is 21.8. The number of aromatic nitrogens is 1. The lowest BCUT2D eigenvalue weighted by atomic mass is 9.82. The number of carboxylic acids is 1. The van der Waals surface area contributed by atoms with E-state index in [9.17, 15) is 27.5 Å². The number of nitrogens with zero attached hydrogens (tertiary/aromatic N) is 1. The molecule has 0 bridgehead atoms. The molecule has 1 aromatic heterocycles. The van der Waals surface area contributed by atoms with Crippen molar-refractivity contribution in [3.05, 3.63) is 104 Å². The molecule has 0 radical (unpaired) electrons. The third-order valence-corrected chi connectivity index (χ3v) is 12.4. The second kappa shape index (κ2) is 14.8. The molecule has 3 saturated carbocycles. The zero-order chi connectivity index (χ0) is 38.5. The Hall–Kier alpha value is -4.12. The van der Waals surface area contributed by atoms with E-state index in [2.05, 4.69) is 33.0 Å². The summed E-state index contributed by atoms with van der Waals surface area (Å²) in [6, 6.07) is 17.9. The van der Waals surface area contributed by atoms with Gasteiger partial charge in [0.15, 0.2) is 0 Å². The molecule has 1 heterocycles. The fraction of sp³-hybridized carbons (Fsp3) is 0.442. The van der Waals surface area contributed by atoms with Crippen LogP contribution in [-0.4, -0.2) is 41.1 Å². The molecule has 11 heteroatoms. The minimum atomic E-state index is -2.53. The maximum Gasteiger partial charge on any atom is 0.307 e. The number of pyridine rings is 1. The van der Waals surface area contributed by atoms with Crippen LogP contribution in [0, 0.1) is 51.4 Å². The first-order valence-corrected chi connectivity index (χ1v) is 19.2. The molecule has 54 heavy (non-hydrogen) atoms. The summed E-state index contributed by atoms with van der Waals surface area (Å²) in [5.41, 5.74) is 9.71. The summed E-state index contributed by atoms with van der Waals surface area (Å²) in [6.07, 6.45) is 2.29. The number of benzene rings is 3. The van der Waals surface area contributed by atoms with Gasteiger partial charge in [-0.1, -0.05) is 34.1 Å². The third-order valence-electron chi connectivity index (χ3n) is 11.1. The highest BCUT2D eigenvalue weighted by atomic mass is 79.9. The average Bonchev–Trinajstić information content (AvgIpc) is 3.68. The molecule has 0 aliphatic heterocycles. The molecule has 3 aromatic carbocycles. The van der Waals surface area contributed by atoms with E-state index < -0.39 is 17.8 Å². The number of hydrogen-bond donors (Lipinski definition) is 1. The zero-order valence-electron chi connectivity index (χ0n) is 30.7. The number of fused-ring (bicyclic) bond motifs is 3. The van der Waals surface area contributed by atoms with Crippen LogP contribution in [0.25, 0.3) is 11.1 Å². The Morgan fingerprint density at radius 1 is 0.815 bits per heavy atom. The lowest BCUT2D eigenvalue weighted by Crippen LogP contribution is -2.38. The smallest absolute Gasteiger partial charge is 0.307 e. The first-order chi connectivity index (χ1) is 25.6. The Kier molecular flexibility index (Phi) is 10.5. The summed E-state index contributed by atoms with van der Waals surface area (Å²) < 4.78 is 69.9. The van der Waals surface area contributed by atoms with Crippen molar-refractivity contribution in [2.24, 2.45) is 23.7 Å². The minimum absolute atomic E-state index is 0.00532. The molecular formula is C43H44BrF4NO5. The number of aryl methyl sites for hydroxylation is 4. The number of ether oxygens (including phenoxy) is 3. The van der Waals surface area contributed by atoms with E-state index in [1.165, 1.54) is 0 Å².